The summed E-state index contributed by atoms with van der Waals surface area (Å²) in [5, 5.41) is 12.9. The van der Waals surface area contributed by atoms with Crippen LogP contribution in [0.5, 0.6) is 0 Å². The van der Waals surface area contributed by atoms with Crippen molar-refractivity contribution in [1.29, 1.82) is 0 Å². The summed E-state index contributed by atoms with van der Waals surface area (Å²) in [6, 6.07) is 9.86. The summed E-state index contributed by atoms with van der Waals surface area (Å²) in [5.74, 6) is 0.306. The fraction of sp³-hybridized carbons (Fsp3) is 0.294. The Bertz CT molecular complexity index is 870. The second-order valence-electron chi connectivity index (χ2n) is 5.84. The van der Waals surface area contributed by atoms with Gasteiger partial charge in [0.15, 0.2) is 5.69 Å². The molecule has 1 fully saturated rings. The van der Waals surface area contributed by atoms with E-state index in [4.69, 9.17) is 4.42 Å². The van der Waals surface area contributed by atoms with Gasteiger partial charge in [-0.2, -0.15) is 0 Å². The van der Waals surface area contributed by atoms with Gasteiger partial charge in [0, 0.05) is 12.6 Å². The quantitative estimate of drug-likeness (QED) is 0.775. The Morgan fingerprint density at radius 2 is 2.16 bits per heavy atom. The molecule has 7 nitrogen and oxygen atoms in total. The van der Waals surface area contributed by atoms with Crippen LogP contribution in [-0.4, -0.2) is 34.7 Å². The molecule has 25 heavy (non-hydrogen) atoms. The molecule has 4 rings (SSSR count). The molecule has 1 aliphatic rings. The van der Waals surface area contributed by atoms with Crippen molar-refractivity contribution < 1.29 is 9.21 Å². The van der Waals surface area contributed by atoms with Gasteiger partial charge in [0.05, 0.1) is 6.04 Å². The molecule has 1 saturated heterocycles. The Morgan fingerprint density at radius 1 is 1.32 bits per heavy atom. The summed E-state index contributed by atoms with van der Waals surface area (Å²) >= 11 is 1.36. The molecule has 3 aromatic rings. The summed E-state index contributed by atoms with van der Waals surface area (Å²) in [6.07, 6.45) is 3.47. The number of oxazole rings is 1. The number of benzene rings is 1. The van der Waals surface area contributed by atoms with Gasteiger partial charge in [-0.1, -0.05) is 41.7 Å². The van der Waals surface area contributed by atoms with Crippen LogP contribution < -0.4 is 10.2 Å². The Labute approximate surface area is 148 Å². The molecule has 1 aromatic carbocycles. The largest absolute Gasteiger partial charge is 0.446 e. The van der Waals surface area contributed by atoms with E-state index in [1.807, 2.05) is 30.3 Å². The molecular weight excluding hydrogens is 338 g/mol. The van der Waals surface area contributed by atoms with Crippen LogP contribution in [-0.2, 0) is 0 Å². The zero-order chi connectivity index (χ0) is 17.2. The maximum absolute atomic E-state index is 12.6. The number of rotatable bonds is 4. The highest BCUT2D eigenvalue weighted by atomic mass is 32.1. The van der Waals surface area contributed by atoms with Crippen LogP contribution in [0.15, 0.2) is 41.0 Å². The number of anilines is 1. The monoisotopic (exact) mass is 355 g/mol. The molecule has 8 heteroatoms. The van der Waals surface area contributed by atoms with E-state index in [1.54, 1.807) is 7.05 Å². The van der Waals surface area contributed by atoms with Crippen LogP contribution in [0, 0.1) is 0 Å². The smallest absolute Gasteiger partial charge is 0.281 e. The number of carbonyl (C=O) groups excluding carboxylic acids is 1. The van der Waals surface area contributed by atoms with E-state index in [-0.39, 0.29) is 17.6 Å². The third-order valence-corrected chi connectivity index (χ3v) is 5.17. The van der Waals surface area contributed by atoms with Crippen molar-refractivity contribution >= 4 is 22.4 Å². The standard InChI is InChI=1S/C17H17N5O2S/c1-22(17-21-20-15(25-17)11-6-3-2-4-7-11)16(23)13-10-24-14(19-13)12-8-5-9-18-12/h2-4,6-7,10,12,18H,5,8-9H2,1H3/t12-/m0/s1. The predicted molar refractivity (Wildman–Crippen MR) is 94.6 cm³/mol. The third-order valence-electron chi connectivity index (χ3n) is 4.13. The lowest BCUT2D eigenvalue weighted by Crippen LogP contribution is -2.26. The average Bonchev–Trinajstić information content (AvgIpc) is 3.42. The first-order valence-electron chi connectivity index (χ1n) is 8.08. The van der Waals surface area contributed by atoms with E-state index in [9.17, 15) is 4.79 Å². The van der Waals surface area contributed by atoms with E-state index in [1.165, 1.54) is 22.5 Å². The number of amides is 1. The van der Waals surface area contributed by atoms with Gasteiger partial charge in [0.25, 0.3) is 5.91 Å². The molecule has 0 spiro atoms. The molecule has 0 unspecified atom stereocenters. The highest BCUT2D eigenvalue weighted by Crippen LogP contribution is 2.29. The number of hydrogen-bond acceptors (Lipinski definition) is 7. The number of carbonyl (C=O) groups is 1. The lowest BCUT2D eigenvalue weighted by atomic mass is 10.2. The second-order valence-corrected chi connectivity index (χ2v) is 6.80. The number of hydrogen-bond donors (Lipinski definition) is 1. The van der Waals surface area contributed by atoms with Gasteiger partial charge >= 0.3 is 0 Å². The molecule has 1 aliphatic heterocycles. The second kappa shape index (κ2) is 6.73. The van der Waals surface area contributed by atoms with Crippen LogP contribution >= 0.6 is 11.3 Å². The predicted octanol–water partition coefficient (Wildman–Crippen LogP) is 2.89. The van der Waals surface area contributed by atoms with Gasteiger partial charge in [-0.15, -0.1) is 10.2 Å². The maximum Gasteiger partial charge on any atom is 0.281 e. The van der Waals surface area contributed by atoms with E-state index < -0.39 is 0 Å². The first-order chi connectivity index (χ1) is 12.2. The minimum atomic E-state index is -0.260. The lowest BCUT2D eigenvalue weighted by Gasteiger charge is -2.10. The highest BCUT2D eigenvalue weighted by Gasteiger charge is 2.25. The first-order valence-corrected chi connectivity index (χ1v) is 8.90. The van der Waals surface area contributed by atoms with E-state index >= 15 is 0 Å². The minimum Gasteiger partial charge on any atom is -0.446 e. The van der Waals surface area contributed by atoms with Gasteiger partial charge in [0.1, 0.15) is 11.3 Å². The topological polar surface area (TPSA) is 84.2 Å². The molecule has 1 N–H and O–H groups in total. The summed E-state index contributed by atoms with van der Waals surface area (Å²) in [6.45, 7) is 0.948. The van der Waals surface area contributed by atoms with Crippen molar-refractivity contribution in [2.75, 3.05) is 18.5 Å². The van der Waals surface area contributed by atoms with Crippen LogP contribution in [0.3, 0.4) is 0 Å². The summed E-state index contributed by atoms with van der Waals surface area (Å²) < 4.78 is 5.48. The van der Waals surface area contributed by atoms with Crippen molar-refractivity contribution in [3.8, 4) is 10.6 Å². The average molecular weight is 355 g/mol. The Hall–Kier alpha value is -2.58. The molecule has 1 amide bonds. The Balaban J connectivity index is 1.51. The number of nitrogens with one attached hydrogen (secondary N) is 1. The van der Waals surface area contributed by atoms with Crippen LogP contribution in [0.25, 0.3) is 10.6 Å². The van der Waals surface area contributed by atoms with Gasteiger partial charge < -0.3 is 9.73 Å². The van der Waals surface area contributed by atoms with Crippen molar-refractivity contribution in [3.63, 3.8) is 0 Å². The molecule has 0 aliphatic carbocycles. The normalized spacial score (nSPS) is 16.9. The van der Waals surface area contributed by atoms with Crippen LogP contribution in [0.2, 0.25) is 0 Å². The van der Waals surface area contributed by atoms with Gasteiger partial charge in [-0.3, -0.25) is 9.69 Å². The zero-order valence-corrected chi connectivity index (χ0v) is 14.5. The fourth-order valence-electron chi connectivity index (χ4n) is 2.75. The van der Waals surface area contributed by atoms with Gasteiger partial charge in [-0.05, 0) is 19.4 Å². The summed E-state index contributed by atoms with van der Waals surface area (Å²) in [7, 11) is 1.67. The van der Waals surface area contributed by atoms with E-state index in [2.05, 4.69) is 20.5 Å². The molecule has 3 heterocycles. The Kier molecular flexibility index (Phi) is 4.29. The van der Waals surface area contributed by atoms with E-state index in [0.29, 0.717) is 11.0 Å². The molecule has 0 bridgehead atoms. The van der Waals surface area contributed by atoms with Crippen LogP contribution in [0.4, 0.5) is 5.13 Å². The van der Waals surface area contributed by atoms with Crippen LogP contribution in [0.1, 0.15) is 35.3 Å². The molecule has 1 atom stereocenters. The lowest BCUT2D eigenvalue weighted by molar-refractivity contribution is 0.0988. The van der Waals surface area contributed by atoms with Gasteiger partial charge in [0.2, 0.25) is 11.0 Å². The molecular formula is C17H17N5O2S. The molecule has 0 saturated carbocycles. The van der Waals surface area contributed by atoms with Crippen molar-refractivity contribution in [1.82, 2.24) is 20.5 Å². The highest BCUT2D eigenvalue weighted by molar-refractivity contribution is 7.18. The molecule has 128 valence electrons. The van der Waals surface area contributed by atoms with E-state index in [0.717, 1.165) is 30.0 Å². The number of nitrogens with zero attached hydrogens (tertiary/aromatic N) is 4. The van der Waals surface area contributed by atoms with Crippen molar-refractivity contribution in [2.24, 2.45) is 0 Å². The van der Waals surface area contributed by atoms with Crippen molar-refractivity contribution in [3.05, 3.63) is 48.2 Å². The minimum absolute atomic E-state index is 0.0954. The summed E-state index contributed by atoms with van der Waals surface area (Å²) in [4.78, 5) is 18.4. The zero-order valence-electron chi connectivity index (χ0n) is 13.7. The fourth-order valence-corrected chi connectivity index (χ4v) is 3.56. The molecule has 2 aromatic heterocycles. The number of aromatic nitrogens is 3. The SMILES string of the molecule is CN(C(=O)c1coc([C@@H]2CCCN2)n1)c1nnc(-c2ccccc2)s1. The summed E-state index contributed by atoms with van der Waals surface area (Å²) in [5.41, 5.74) is 1.26. The first kappa shape index (κ1) is 15.9. The van der Waals surface area contributed by atoms with Crippen molar-refractivity contribution in [2.45, 2.75) is 18.9 Å². The molecule has 0 radical (unpaired) electrons. The Morgan fingerprint density at radius 3 is 2.92 bits per heavy atom. The van der Waals surface area contributed by atoms with Gasteiger partial charge in [-0.25, -0.2) is 4.98 Å². The third kappa shape index (κ3) is 3.18. The maximum atomic E-state index is 12.6.